The summed E-state index contributed by atoms with van der Waals surface area (Å²) in [5, 5.41) is 0. The van der Waals surface area contributed by atoms with Crippen LogP contribution in [0.1, 0.15) is 25.7 Å². The first-order valence-corrected chi connectivity index (χ1v) is 13.9. The van der Waals surface area contributed by atoms with Crippen molar-refractivity contribution >= 4 is 26.3 Å². The molecule has 2 saturated heterocycles. The van der Waals surface area contributed by atoms with Crippen LogP contribution in [0.3, 0.4) is 0 Å². The van der Waals surface area contributed by atoms with Gasteiger partial charge < -0.3 is 0 Å². The normalized spacial score (nSPS) is 32.4. The third-order valence-electron chi connectivity index (χ3n) is 3.41. The zero-order valence-electron chi connectivity index (χ0n) is 12.1. The van der Waals surface area contributed by atoms with Crippen LogP contribution in [-0.2, 0) is 18.9 Å². The van der Waals surface area contributed by atoms with Crippen molar-refractivity contribution in [2.75, 3.05) is 52.9 Å². The third kappa shape index (κ3) is 7.76. The zero-order chi connectivity index (χ0) is 13.9. The second-order valence-electron chi connectivity index (χ2n) is 5.04. The molecule has 0 spiro atoms. The molecule has 2 fully saturated rings. The third-order valence-corrected chi connectivity index (χ3v) is 13.9. The summed E-state index contributed by atoms with van der Waals surface area (Å²) in [7, 11) is 0. The summed E-state index contributed by atoms with van der Waals surface area (Å²) in [6.07, 6.45) is 4.81. The fraction of sp³-hybridized carbons (Fsp3) is 1.00. The van der Waals surface area contributed by atoms with Crippen molar-refractivity contribution < 1.29 is 18.9 Å². The van der Waals surface area contributed by atoms with Crippen molar-refractivity contribution in [2.24, 2.45) is 0 Å². The Morgan fingerprint density at radius 2 is 0.750 bits per heavy atom. The Kier molecular flexibility index (Phi) is 9.87. The Hall–Kier alpha value is 0.879. The molecule has 0 atom stereocenters. The fourth-order valence-electron chi connectivity index (χ4n) is 2.14. The van der Waals surface area contributed by atoms with Gasteiger partial charge in [0.1, 0.15) is 0 Å². The molecule has 4 nitrogen and oxygen atoms in total. The van der Waals surface area contributed by atoms with Gasteiger partial charge in [-0.05, 0) is 0 Å². The first-order chi connectivity index (χ1) is 9.95. The molecule has 20 heavy (non-hydrogen) atoms. The molecule has 2 rings (SSSR count). The van der Waals surface area contributed by atoms with E-state index < -0.39 is 0 Å². The summed E-state index contributed by atoms with van der Waals surface area (Å²) < 4.78 is 22.6. The van der Waals surface area contributed by atoms with E-state index >= 15 is 0 Å². The number of hydrogen-bond donors (Lipinski definition) is 0. The second kappa shape index (κ2) is 11.4. The van der Waals surface area contributed by atoms with Crippen molar-refractivity contribution in [3.05, 3.63) is 0 Å². The van der Waals surface area contributed by atoms with Crippen molar-refractivity contribution in [3.8, 4) is 0 Å². The average molecular weight is 416 g/mol. The van der Waals surface area contributed by atoms with Gasteiger partial charge in [0, 0.05) is 0 Å². The summed E-state index contributed by atoms with van der Waals surface area (Å²) in [6.45, 7) is 6.53. The molecule has 0 aromatic rings. The monoisotopic (exact) mass is 418 g/mol. The molecule has 0 aromatic heterocycles. The Morgan fingerprint density at radius 3 is 1.05 bits per heavy atom. The second-order valence-corrected chi connectivity index (χ2v) is 12.8. The Balaban J connectivity index is 1.86. The Bertz CT molecular complexity index is 199. The minimum atomic E-state index is 0.745. The molecule has 0 aliphatic carbocycles. The molecule has 6 heteroatoms. The summed E-state index contributed by atoms with van der Waals surface area (Å²) in [4.78, 5) is 1.68. The van der Waals surface area contributed by atoms with Crippen molar-refractivity contribution in [1.29, 1.82) is 0 Å². The number of fused-ring (bicyclic) bond motifs is 3. The number of hydrogen-bond acceptors (Lipinski definition) is 4. The van der Waals surface area contributed by atoms with Gasteiger partial charge in [-0.15, -0.1) is 0 Å². The molecule has 0 saturated carbocycles. The first-order valence-electron chi connectivity index (χ1n) is 7.58. The van der Waals surface area contributed by atoms with Crippen LogP contribution < -0.4 is 0 Å². The van der Waals surface area contributed by atoms with Gasteiger partial charge in [-0.2, -0.15) is 0 Å². The zero-order valence-corrected chi connectivity index (χ0v) is 15.5. The molecule has 118 valence electrons. The van der Waals surface area contributed by atoms with E-state index in [1.54, 1.807) is 0 Å². The van der Waals surface area contributed by atoms with Gasteiger partial charge in [0.05, 0.1) is 0 Å². The summed E-state index contributed by atoms with van der Waals surface area (Å²) >= 11 is 1.51. The van der Waals surface area contributed by atoms with Crippen LogP contribution >= 0.6 is 0 Å². The minimum absolute atomic E-state index is 0.745. The first kappa shape index (κ1) is 17.2. The van der Waals surface area contributed by atoms with E-state index in [9.17, 15) is 0 Å². The van der Waals surface area contributed by atoms with Crippen molar-refractivity contribution in [3.63, 3.8) is 0 Å². The molecule has 2 aliphatic rings. The van der Waals surface area contributed by atoms with E-state index in [0.29, 0.717) is 0 Å². The molecule has 0 unspecified atom stereocenters. The van der Waals surface area contributed by atoms with E-state index in [1.165, 1.54) is 25.7 Å². The summed E-state index contributed by atoms with van der Waals surface area (Å²) in [5.74, 6) is 0. The van der Waals surface area contributed by atoms with Gasteiger partial charge in [-0.25, -0.2) is 0 Å². The van der Waals surface area contributed by atoms with Crippen LogP contribution in [0.5, 0.6) is 0 Å². The maximum absolute atomic E-state index is 5.66. The van der Waals surface area contributed by atoms with Gasteiger partial charge in [0.2, 0.25) is 0 Å². The van der Waals surface area contributed by atoms with Gasteiger partial charge in [-0.1, -0.05) is 0 Å². The van der Waals surface area contributed by atoms with Crippen LogP contribution in [0.15, 0.2) is 0 Å². The van der Waals surface area contributed by atoms with Crippen LogP contribution in [0, 0.1) is 0 Å². The molecular weight excluding hydrogens is 390 g/mol. The van der Waals surface area contributed by atoms with Gasteiger partial charge in [0.25, 0.3) is 0 Å². The fourth-order valence-corrected chi connectivity index (χ4v) is 12.0. The van der Waals surface area contributed by atoms with Crippen molar-refractivity contribution in [2.45, 2.75) is 35.3 Å². The van der Waals surface area contributed by atoms with Gasteiger partial charge >= 0.3 is 133 Å². The predicted octanol–water partition coefficient (Wildman–Crippen LogP) is 1.54. The van der Waals surface area contributed by atoms with E-state index in [4.69, 9.17) is 18.9 Å². The van der Waals surface area contributed by atoms with Gasteiger partial charge in [-0.3, -0.25) is 0 Å². The quantitative estimate of drug-likeness (QED) is 0.562. The van der Waals surface area contributed by atoms with E-state index in [1.807, 2.05) is 0 Å². The molecule has 0 N–H and O–H groups in total. The Morgan fingerprint density at radius 1 is 0.450 bits per heavy atom. The predicted molar refractivity (Wildman–Crippen MR) is 80.8 cm³/mol. The summed E-state index contributed by atoms with van der Waals surface area (Å²) in [5.41, 5.74) is 0. The summed E-state index contributed by atoms with van der Waals surface area (Å²) in [6, 6.07) is 0. The van der Waals surface area contributed by atoms with Crippen LogP contribution in [0.25, 0.3) is 0 Å². The molecule has 2 aliphatic heterocycles. The topological polar surface area (TPSA) is 36.9 Å². The molecule has 0 radical (unpaired) electrons. The standard InChI is InChI=1S/C14H26O4Se2/c1-5-15-9-10-17-7-3-14-4-8-18-12-11-16-6-2-13(1)19-20-14/h13-14H,1-12H2. The van der Waals surface area contributed by atoms with Crippen LogP contribution in [-0.4, -0.2) is 79.1 Å². The average Bonchev–Trinajstić information content (AvgIpc) is 2.44. The maximum atomic E-state index is 5.66. The van der Waals surface area contributed by atoms with E-state index in [0.717, 1.165) is 88.8 Å². The number of rotatable bonds is 0. The van der Waals surface area contributed by atoms with Crippen molar-refractivity contribution in [1.82, 2.24) is 0 Å². The molecule has 0 amide bonds. The van der Waals surface area contributed by atoms with E-state index in [2.05, 4.69) is 0 Å². The van der Waals surface area contributed by atoms with Crippen LogP contribution in [0.4, 0.5) is 0 Å². The van der Waals surface area contributed by atoms with Crippen LogP contribution in [0.2, 0.25) is 9.63 Å². The molecule has 2 bridgehead atoms. The molecule has 2 heterocycles. The number of ether oxygens (including phenoxy) is 4. The van der Waals surface area contributed by atoms with Gasteiger partial charge in [0.15, 0.2) is 0 Å². The Labute approximate surface area is 133 Å². The SMILES string of the molecule is C1COCCC2CCOCCOCCC(CCO1)[Se][Se]2. The molecule has 0 aromatic carbocycles. The molecular formula is C14H26O4Se2. The van der Waals surface area contributed by atoms with E-state index in [-0.39, 0.29) is 0 Å².